The maximum absolute atomic E-state index is 12.3. The summed E-state index contributed by atoms with van der Waals surface area (Å²) in [5.41, 5.74) is 3.04. The van der Waals surface area contributed by atoms with Crippen molar-refractivity contribution in [2.75, 3.05) is 23.4 Å². The molecule has 0 atom stereocenters. The van der Waals surface area contributed by atoms with Gasteiger partial charge >= 0.3 is 6.09 Å². The minimum atomic E-state index is -0.318. The molecule has 1 N–H and O–H groups in total. The van der Waals surface area contributed by atoms with Gasteiger partial charge in [-0.1, -0.05) is 6.07 Å². The molecular formula is C17H20N2O3. The fourth-order valence-electron chi connectivity index (χ4n) is 3.65. The third kappa shape index (κ3) is 2.16. The van der Waals surface area contributed by atoms with E-state index in [0.29, 0.717) is 18.6 Å². The number of anilines is 2. The van der Waals surface area contributed by atoms with Crippen LogP contribution in [0.25, 0.3) is 0 Å². The Morgan fingerprint density at radius 3 is 2.77 bits per heavy atom. The van der Waals surface area contributed by atoms with Crippen LogP contribution in [-0.2, 0) is 9.53 Å². The molecule has 1 aliphatic heterocycles. The zero-order valence-corrected chi connectivity index (χ0v) is 12.7. The molecule has 4 rings (SSSR count). The number of cyclic esters (lactones) is 1. The molecule has 2 amide bonds. The average molecular weight is 300 g/mol. The van der Waals surface area contributed by atoms with Crippen molar-refractivity contribution < 1.29 is 14.3 Å². The third-order valence-electron chi connectivity index (χ3n) is 5.30. The summed E-state index contributed by atoms with van der Waals surface area (Å²) in [4.78, 5) is 25.7. The molecule has 1 aromatic carbocycles. The number of benzene rings is 1. The van der Waals surface area contributed by atoms with E-state index in [1.165, 1.54) is 12.8 Å². The van der Waals surface area contributed by atoms with Crippen molar-refractivity contribution >= 4 is 23.4 Å². The smallest absolute Gasteiger partial charge is 0.414 e. The van der Waals surface area contributed by atoms with Crippen molar-refractivity contribution in [1.29, 1.82) is 0 Å². The van der Waals surface area contributed by atoms with E-state index in [9.17, 15) is 9.59 Å². The Labute approximate surface area is 129 Å². The third-order valence-corrected chi connectivity index (χ3v) is 5.30. The zero-order chi connectivity index (χ0) is 15.3. The van der Waals surface area contributed by atoms with E-state index >= 15 is 0 Å². The number of amides is 2. The van der Waals surface area contributed by atoms with Crippen LogP contribution in [0.4, 0.5) is 16.2 Å². The maximum Gasteiger partial charge on any atom is 0.414 e. The van der Waals surface area contributed by atoms with Crippen LogP contribution in [-0.4, -0.2) is 25.2 Å². The Kier molecular flexibility index (Phi) is 2.93. The van der Waals surface area contributed by atoms with Gasteiger partial charge in [-0.15, -0.1) is 0 Å². The molecule has 5 nitrogen and oxygen atoms in total. The molecule has 0 radical (unpaired) electrons. The molecule has 1 spiro atoms. The first-order chi connectivity index (χ1) is 10.6. The topological polar surface area (TPSA) is 58.6 Å². The van der Waals surface area contributed by atoms with Gasteiger partial charge in [-0.25, -0.2) is 4.79 Å². The zero-order valence-electron chi connectivity index (χ0n) is 12.7. The maximum atomic E-state index is 12.3. The van der Waals surface area contributed by atoms with Crippen molar-refractivity contribution in [3.8, 4) is 0 Å². The molecule has 22 heavy (non-hydrogen) atoms. The minimum absolute atomic E-state index is 0.113. The summed E-state index contributed by atoms with van der Waals surface area (Å²) in [6.45, 7) is 2.90. The molecule has 5 heteroatoms. The average Bonchev–Trinajstić information content (AvgIpc) is 3.16. The molecular weight excluding hydrogens is 280 g/mol. The Morgan fingerprint density at radius 2 is 2.14 bits per heavy atom. The number of ether oxygens (including phenoxy) is 1. The normalized spacial score (nSPS) is 22.4. The van der Waals surface area contributed by atoms with Crippen LogP contribution in [0.5, 0.6) is 0 Å². The Balaban J connectivity index is 1.49. The van der Waals surface area contributed by atoms with E-state index in [1.54, 1.807) is 4.90 Å². The fraction of sp³-hybridized carbons (Fsp3) is 0.529. The Morgan fingerprint density at radius 1 is 1.36 bits per heavy atom. The first-order valence-electron chi connectivity index (χ1n) is 7.93. The number of carbonyl (C=O) groups is 2. The summed E-state index contributed by atoms with van der Waals surface area (Å²) in [5.74, 6) is 0.268. The van der Waals surface area contributed by atoms with E-state index in [1.807, 2.05) is 25.1 Å². The second kappa shape index (κ2) is 4.73. The molecule has 2 aliphatic carbocycles. The van der Waals surface area contributed by atoms with Crippen LogP contribution in [0, 0.1) is 18.3 Å². The number of rotatable bonds is 3. The summed E-state index contributed by atoms with van der Waals surface area (Å²) in [5, 5.41) is 3.04. The van der Waals surface area contributed by atoms with Gasteiger partial charge in [0.2, 0.25) is 5.91 Å². The molecule has 1 heterocycles. The van der Waals surface area contributed by atoms with Crippen LogP contribution in [0.2, 0.25) is 0 Å². The van der Waals surface area contributed by atoms with Gasteiger partial charge < -0.3 is 10.1 Å². The molecule has 0 bridgehead atoms. The van der Waals surface area contributed by atoms with Crippen molar-refractivity contribution in [1.82, 2.24) is 0 Å². The number of carbonyl (C=O) groups excluding carboxylic acids is 2. The Bertz CT molecular complexity index is 643. The molecule has 3 aliphatic rings. The van der Waals surface area contributed by atoms with E-state index in [4.69, 9.17) is 4.74 Å². The molecule has 3 fully saturated rings. The quantitative estimate of drug-likeness (QED) is 0.933. The highest BCUT2D eigenvalue weighted by Gasteiger charge is 2.54. The first-order valence-corrected chi connectivity index (χ1v) is 7.93. The second-order valence-corrected chi connectivity index (χ2v) is 6.81. The van der Waals surface area contributed by atoms with Gasteiger partial charge in [-0.2, -0.15) is 0 Å². The van der Waals surface area contributed by atoms with E-state index in [2.05, 4.69) is 5.32 Å². The summed E-state index contributed by atoms with van der Waals surface area (Å²) in [6.07, 6.45) is 4.35. The van der Waals surface area contributed by atoms with E-state index in [-0.39, 0.29) is 17.9 Å². The van der Waals surface area contributed by atoms with Crippen LogP contribution < -0.4 is 10.2 Å². The number of nitrogens with zero attached hydrogens (tertiary/aromatic N) is 1. The predicted molar refractivity (Wildman–Crippen MR) is 82.9 cm³/mol. The van der Waals surface area contributed by atoms with Gasteiger partial charge in [-0.05, 0) is 55.7 Å². The molecule has 2 saturated carbocycles. The van der Waals surface area contributed by atoms with Gasteiger partial charge in [0.25, 0.3) is 0 Å². The Hall–Kier alpha value is -2.04. The first kappa shape index (κ1) is 13.6. The second-order valence-electron chi connectivity index (χ2n) is 6.81. The highest BCUT2D eigenvalue weighted by molar-refractivity contribution is 5.97. The van der Waals surface area contributed by atoms with Gasteiger partial charge in [0.1, 0.15) is 6.61 Å². The molecule has 0 aromatic heterocycles. The molecule has 0 unspecified atom stereocenters. The lowest BCUT2D eigenvalue weighted by Gasteiger charge is -2.34. The van der Waals surface area contributed by atoms with E-state index in [0.717, 1.165) is 29.8 Å². The minimum Gasteiger partial charge on any atom is -0.447 e. The number of hydrogen-bond acceptors (Lipinski definition) is 3. The van der Waals surface area contributed by atoms with Crippen LogP contribution in [0.3, 0.4) is 0 Å². The molecule has 1 saturated heterocycles. The highest BCUT2D eigenvalue weighted by Crippen LogP contribution is 2.63. The lowest BCUT2D eigenvalue weighted by atomic mass is 9.71. The monoisotopic (exact) mass is 300 g/mol. The van der Waals surface area contributed by atoms with Crippen molar-refractivity contribution in [3.05, 3.63) is 23.8 Å². The number of hydrogen-bond donors (Lipinski definition) is 1. The summed E-state index contributed by atoms with van der Waals surface area (Å²) >= 11 is 0. The lowest BCUT2D eigenvalue weighted by molar-refractivity contribution is -0.124. The van der Waals surface area contributed by atoms with Gasteiger partial charge in [-0.3, -0.25) is 9.69 Å². The van der Waals surface area contributed by atoms with E-state index < -0.39 is 0 Å². The van der Waals surface area contributed by atoms with Crippen LogP contribution >= 0.6 is 0 Å². The fourth-order valence-corrected chi connectivity index (χ4v) is 3.65. The summed E-state index contributed by atoms with van der Waals surface area (Å²) in [7, 11) is 0. The molecule has 1 aromatic rings. The van der Waals surface area contributed by atoms with Gasteiger partial charge in [0.05, 0.1) is 12.2 Å². The lowest BCUT2D eigenvalue weighted by Crippen LogP contribution is -2.35. The predicted octanol–water partition coefficient (Wildman–Crippen LogP) is 3.08. The summed E-state index contributed by atoms with van der Waals surface area (Å²) < 4.78 is 4.99. The van der Waals surface area contributed by atoms with Gasteiger partial charge in [0, 0.05) is 11.6 Å². The molecule has 116 valence electrons. The standard InChI is InChI=1S/C17H20N2O3/c1-11-13(18-15(20)12-9-17(10-12)5-6-17)3-2-4-14(11)19-7-8-22-16(19)21/h2-4,12H,5-10H2,1H3,(H,18,20). The summed E-state index contributed by atoms with van der Waals surface area (Å²) in [6, 6.07) is 5.65. The van der Waals surface area contributed by atoms with Crippen molar-refractivity contribution in [3.63, 3.8) is 0 Å². The van der Waals surface area contributed by atoms with Crippen molar-refractivity contribution in [2.45, 2.75) is 32.6 Å². The SMILES string of the molecule is Cc1c(NC(=O)C2CC3(CC3)C2)cccc1N1CCOC1=O. The number of nitrogens with one attached hydrogen (secondary N) is 1. The van der Waals surface area contributed by atoms with Crippen molar-refractivity contribution in [2.24, 2.45) is 11.3 Å². The van der Waals surface area contributed by atoms with Crippen LogP contribution in [0.15, 0.2) is 18.2 Å². The highest BCUT2D eigenvalue weighted by atomic mass is 16.6. The largest absolute Gasteiger partial charge is 0.447 e. The van der Waals surface area contributed by atoms with Crippen LogP contribution in [0.1, 0.15) is 31.2 Å². The van der Waals surface area contributed by atoms with Gasteiger partial charge in [0.15, 0.2) is 0 Å².